The van der Waals surface area contributed by atoms with Crippen LogP contribution in [-0.4, -0.2) is 105 Å². The van der Waals surface area contributed by atoms with E-state index >= 15 is 0 Å². The van der Waals surface area contributed by atoms with Crippen molar-refractivity contribution >= 4 is 46.6 Å². The lowest BCUT2D eigenvalue weighted by atomic mass is 9.86. The highest BCUT2D eigenvalue weighted by Crippen LogP contribution is 2.25. The topological polar surface area (TPSA) is 154 Å². The fourth-order valence-electron chi connectivity index (χ4n) is 2.86. The van der Waals surface area contributed by atoms with Crippen LogP contribution in [-0.2, 0) is 43.0 Å². The lowest BCUT2D eigenvalue weighted by Gasteiger charge is -2.32. The Morgan fingerprint density at radius 3 is 2.30 bits per heavy atom. The number of nitrogens with one attached hydrogen (secondary N) is 2. The van der Waals surface area contributed by atoms with E-state index in [4.69, 9.17) is 14.2 Å². The van der Waals surface area contributed by atoms with E-state index in [-0.39, 0.29) is 56.6 Å². The Labute approximate surface area is 221 Å². The Kier molecular flexibility index (Phi) is 13.3. The molecule has 1 fully saturated rings. The number of nitrogens with zero attached hydrogens (tertiary/aromatic N) is 1. The van der Waals surface area contributed by atoms with E-state index in [1.54, 1.807) is 13.8 Å². The summed E-state index contributed by atoms with van der Waals surface area (Å²) in [4.78, 5) is 73.0. The second kappa shape index (κ2) is 15.4. The first-order valence-corrected chi connectivity index (χ1v) is 12.9. The Morgan fingerprint density at radius 2 is 1.65 bits per heavy atom. The summed E-state index contributed by atoms with van der Waals surface area (Å²) in [6.45, 7) is 3.86. The van der Waals surface area contributed by atoms with Crippen LogP contribution in [0.1, 0.15) is 33.1 Å². The molecule has 0 aromatic rings. The summed E-state index contributed by atoms with van der Waals surface area (Å²) in [5.41, 5.74) is -1.18. The van der Waals surface area contributed by atoms with Gasteiger partial charge >= 0.3 is 17.9 Å². The van der Waals surface area contributed by atoms with E-state index < -0.39 is 35.3 Å². The quantitative estimate of drug-likeness (QED) is 0.184. The third-order valence-electron chi connectivity index (χ3n) is 5.02. The van der Waals surface area contributed by atoms with Crippen molar-refractivity contribution in [3.8, 4) is 0 Å². The summed E-state index contributed by atoms with van der Waals surface area (Å²) < 4.78 is 16.2. The molecule has 13 heteroatoms. The summed E-state index contributed by atoms with van der Waals surface area (Å²) in [6.07, 6.45) is 0.175. The van der Waals surface area contributed by atoms with E-state index in [9.17, 15) is 28.8 Å². The van der Waals surface area contributed by atoms with Crippen molar-refractivity contribution in [1.82, 2.24) is 10.6 Å². The minimum atomic E-state index is -1.37. The van der Waals surface area contributed by atoms with Crippen molar-refractivity contribution < 1.29 is 47.5 Å². The van der Waals surface area contributed by atoms with Gasteiger partial charge in [-0.1, -0.05) is 25.6 Å². The second-order valence-electron chi connectivity index (χ2n) is 10.1. The molecule has 1 atom stereocenters. The zero-order valence-electron chi connectivity index (χ0n) is 22.1. The highest BCUT2D eigenvalue weighted by Gasteiger charge is 2.40. The van der Waals surface area contributed by atoms with Gasteiger partial charge in [0.15, 0.2) is 11.2 Å². The van der Waals surface area contributed by atoms with E-state index in [0.717, 1.165) is 23.9 Å². The van der Waals surface area contributed by atoms with Gasteiger partial charge in [-0.2, -0.15) is 0 Å². The van der Waals surface area contributed by atoms with E-state index in [2.05, 4.69) is 10.6 Å². The number of carbonyl (C=O) groups is 6. The molecule has 0 saturated carbocycles. The second-order valence-corrected chi connectivity index (χ2v) is 11.2. The molecule has 2 N–H and O–H groups in total. The number of thioether (sulfide) groups is 1. The molecule has 1 rings (SSSR count). The number of hydrogen-bond donors (Lipinski definition) is 2. The van der Waals surface area contributed by atoms with Gasteiger partial charge in [0.25, 0.3) is 5.91 Å². The molecule has 37 heavy (non-hydrogen) atoms. The van der Waals surface area contributed by atoms with E-state index in [1.165, 1.54) is 0 Å². The molecule has 1 aliphatic rings. The van der Waals surface area contributed by atoms with Gasteiger partial charge in [-0.3, -0.25) is 19.2 Å². The Balaban J connectivity index is 2.78. The van der Waals surface area contributed by atoms with Gasteiger partial charge in [-0.05, 0) is 0 Å². The molecular formula is C24H38N3O9S+. The van der Waals surface area contributed by atoms with Crippen LogP contribution in [0, 0.1) is 5.41 Å². The summed E-state index contributed by atoms with van der Waals surface area (Å²) >= 11 is 1.00. The smallest absolute Gasteiger partial charge is 0.331 e. The van der Waals surface area contributed by atoms with Crippen LogP contribution in [0.25, 0.3) is 0 Å². The number of hydrogen-bond acceptors (Lipinski definition) is 10. The lowest BCUT2D eigenvalue weighted by molar-refractivity contribution is -0.870. The highest BCUT2D eigenvalue weighted by molar-refractivity contribution is 8.13. The fourth-order valence-corrected chi connectivity index (χ4v) is 3.53. The van der Waals surface area contributed by atoms with Gasteiger partial charge in [-0.25, -0.2) is 9.59 Å². The third-order valence-corrected chi connectivity index (χ3v) is 5.95. The van der Waals surface area contributed by atoms with E-state index in [0.29, 0.717) is 16.8 Å². The van der Waals surface area contributed by atoms with Crippen molar-refractivity contribution in [1.29, 1.82) is 0 Å². The molecule has 0 aliphatic carbocycles. The zero-order chi connectivity index (χ0) is 28.1. The summed E-state index contributed by atoms with van der Waals surface area (Å²) in [5.74, 6) is -2.90. The molecule has 0 aromatic heterocycles. The zero-order valence-corrected chi connectivity index (χ0v) is 22.9. The molecule has 0 spiro atoms. The molecular weight excluding hydrogens is 506 g/mol. The van der Waals surface area contributed by atoms with Crippen LogP contribution in [0.3, 0.4) is 0 Å². The van der Waals surface area contributed by atoms with Gasteiger partial charge in [0.05, 0.1) is 27.6 Å². The summed E-state index contributed by atoms with van der Waals surface area (Å²) in [6, 6.07) is 0. The third kappa shape index (κ3) is 14.4. The van der Waals surface area contributed by atoms with Crippen molar-refractivity contribution in [2.24, 2.45) is 5.41 Å². The number of amides is 2. The van der Waals surface area contributed by atoms with Crippen LogP contribution in [0.4, 0.5) is 0 Å². The molecule has 0 bridgehead atoms. The van der Waals surface area contributed by atoms with Crippen LogP contribution < -0.4 is 10.6 Å². The predicted molar refractivity (Wildman–Crippen MR) is 135 cm³/mol. The van der Waals surface area contributed by atoms with Gasteiger partial charge in [0.1, 0.15) is 19.8 Å². The van der Waals surface area contributed by atoms with Gasteiger partial charge in [0, 0.05) is 49.3 Å². The normalized spacial score (nSPS) is 19.2. The molecule has 1 saturated heterocycles. The van der Waals surface area contributed by atoms with Gasteiger partial charge in [0.2, 0.25) is 5.91 Å². The minimum absolute atomic E-state index is 0.000395. The summed E-state index contributed by atoms with van der Waals surface area (Å²) in [7, 11) is 5.84. The standard InChI is InChI=1S/C24H37N3O9S/c1-24(2,16-35-19(30)7-6-18(29)34-14-13-27(3,4)5)22-23(33)26-11-10-17(28)25-12-15-37-21(32)9-8-20(31)36-22/h6-7,22H,8-16H2,1-5H3,(H-,25,26,28,33)/p+1/b7-6+/t22-/m0/s1. The van der Waals surface area contributed by atoms with Crippen molar-refractivity contribution in [3.63, 3.8) is 0 Å². The lowest BCUT2D eigenvalue weighted by Crippen LogP contribution is -2.49. The van der Waals surface area contributed by atoms with E-state index in [1.807, 2.05) is 21.1 Å². The van der Waals surface area contributed by atoms with Gasteiger partial charge < -0.3 is 29.3 Å². The number of rotatable bonds is 8. The maximum absolute atomic E-state index is 12.8. The van der Waals surface area contributed by atoms with Crippen LogP contribution in [0.2, 0.25) is 0 Å². The first-order chi connectivity index (χ1) is 17.2. The van der Waals surface area contributed by atoms with Crippen LogP contribution >= 0.6 is 11.8 Å². The Morgan fingerprint density at radius 1 is 1.00 bits per heavy atom. The average Bonchev–Trinajstić information content (AvgIpc) is 2.80. The minimum Gasteiger partial charge on any atom is -0.462 e. The van der Waals surface area contributed by atoms with Crippen LogP contribution in [0.15, 0.2) is 12.2 Å². The Bertz CT molecular complexity index is 881. The molecule has 2 amide bonds. The number of quaternary nitrogens is 1. The molecule has 1 aliphatic heterocycles. The maximum Gasteiger partial charge on any atom is 0.331 e. The van der Waals surface area contributed by atoms with Gasteiger partial charge in [-0.15, -0.1) is 0 Å². The molecule has 12 nitrogen and oxygen atoms in total. The van der Waals surface area contributed by atoms with Crippen molar-refractivity contribution in [2.45, 2.75) is 39.2 Å². The number of esters is 3. The number of likely N-dealkylation sites (N-methyl/N-ethyl adjacent to an activating group) is 1. The van der Waals surface area contributed by atoms with Crippen molar-refractivity contribution in [3.05, 3.63) is 12.2 Å². The highest BCUT2D eigenvalue weighted by atomic mass is 32.2. The largest absolute Gasteiger partial charge is 0.462 e. The molecule has 1 heterocycles. The molecule has 0 aromatic carbocycles. The maximum atomic E-state index is 12.8. The SMILES string of the molecule is CC(C)(COC(=O)/C=C/C(=O)OCC[N+](C)(C)C)[C@H]1OC(=O)CCC(=O)SCCNC(=O)CCNC1=O. The Hall–Kier alpha value is -2.93. The summed E-state index contributed by atoms with van der Waals surface area (Å²) in [5, 5.41) is 4.97. The number of cyclic esters (lactones) is 1. The molecule has 0 unspecified atom stereocenters. The molecule has 208 valence electrons. The average molecular weight is 545 g/mol. The molecule has 0 radical (unpaired) electrons. The predicted octanol–water partition coefficient (Wildman–Crippen LogP) is -0.0507. The first-order valence-electron chi connectivity index (χ1n) is 11.9. The van der Waals surface area contributed by atoms with Crippen LogP contribution in [0.5, 0.6) is 0 Å². The number of carbonyl (C=O) groups excluding carboxylic acids is 6. The fraction of sp³-hybridized carbons (Fsp3) is 0.667. The monoisotopic (exact) mass is 544 g/mol. The number of ether oxygens (including phenoxy) is 3. The first kappa shape index (κ1) is 32.1. The van der Waals surface area contributed by atoms with Crippen molar-refractivity contribution in [2.75, 3.05) is 59.7 Å².